The molecule has 20 heavy (non-hydrogen) atoms. The zero-order chi connectivity index (χ0) is 14.3. The van der Waals surface area contributed by atoms with Crippen LogP contribution in [0.15, 0.2) is 4.99 Å². The summed E-state index contributed by atoms with van der Waals surface area (Å²) in [5.41, 5.74) is 0. The van der Waals surface area contributed by atoms with Crippen molar-refractivity contribution in [3.05, 3.63) is 0 Å². The van der Waals surface area contributed by atoms with Gasteiger partial charge in [0, 0.05) is 25.4 Å². The first kappa shape index (κ1) is 19.8. The molecule has 5 nitrogen and oxygen atoms in total. The maximum Gasteiger partial charge on any atom is 0.310 e. The lowest BCUT2D eigenvalue weighted by molar-refractivity contribution is -0.145. The number of hydrogen-bond donors (Lipinski definition) is 1. The SMILES string of the molecule is CCNC(=NCCSC)N1CC(C)C(C(=O)OC)C1.I. The number of aliphatic imine (C=N–C) groups is 1. The molecule has 0 amide bonds. The zero-order valence-electron chi connectivity index (χ0n) is 12.7. The van der Waals surface area contributed by atoms with E-state index in [1.54, 1.807) is 11.8 Å². The number of carbonyl (C=O) groups excluding carboxylic acids is 1. The van der Waals surface area contributed by atoms with Gasteiger partial charge < -0.3 is 15.0 Å². The molecule has 1 N–H and O–H groups in total. The monoisotopic (exact) mass is 415 g/mol. The summed E-state index contributed by atoms with van der Waals surface area (Å²) in [6, 6.07) is 0. The summed E-state index contributed by atoms with van der Waals surface area (Å²) in [6.45, 7) is 7.33. The van der Waals surface area contributed by atoms with Crippen LogP contribution < -0.4 is 5.32 Å². The lowest BCUT2D eigenvalue weighted by atomic mass is 9.99. The molecule has 0 bridgehead atoms. The van der Waals surface area contributed by atoms with Crippen molar-refractivity contribution in [1.29, 1.82) is 0 Å². The standard InChI is InChI=1S/C13H25N3O2S.HI/c1-5-14-13(15-6-7-19-4)16-8-10(2)11(9-16)12(17)18-3;/h10-11H,5-9H2,1-4H3,(H,14,15);1H. The van der Waals surface area contributed by atoms with E-state index in [2.05, 4.69) is 35.3 Å². The Morgan fingerprint density at radius 2 is 2.20 bits per heavy atom. The van der Waals surface area contributed by atoms with E-state index in [1.807, 2.05) is 0 Å². The summed E-state index contributed by atoms with van der Waals surface area (Å²) in [5, 5.41) is 3.30. The van der Waals surface area contributed by atoms with Crippen LogP contribution in [0.3, 0.4) is 0 Å². The number of carbonyl (C=O) groups is 1. The number of rotatable bonds is 5. The van der Waals surface area contributed by atoms with Crippen LogP contribution in [-0.2, 0) is 9.53 Å². The van der Waals surface area contributed by atoms with Crippen molar-refractivity contribution in [2.24, 2.45) is 16.8 Å². The van der Waals surface area contributed by atoms with E-state index in [4.69, 9.17) is 4.74 Å². The van der Waals surface area contributed by atoms with Gasteiger partial charge >= 0.3 is 5.97 Å². The van der Waals surface area contributed by atoms with Gasteiger partial charge in [-0.15, -0.1) is 24.0 Å². The quantitative estimate of drug-likeness (QED) is 0.244. The van der Waals surface area contributed by atoms with Gasteiger partial charge in [-0.3, -0.25) is 9.79 Å². The topological polar surface area (TPSA) is 53.9 Å². The van der Waals surface area contributed by atoms with Crippen molar-refractivity contribution >= 4 is 47.7 Å². The zero-order valence-corrected chi connectivity index (χ0v) is 15.9. The van der Waals surface area contributed by atoms with Crippen molar-refractivity contribution in [2.45, 2.75) is 13.8 Å². The van der Waals surface area contributed by atoms with Gasteiger partial charge in [0.15, 0.2) is 5.96 Å². The Hall–Kier alpha value is -0.180. The van der Waals surface area contributed by atoms with Gasteiger partial charge in [-0.1, -0.05) is 6.92 Å². The van der Waals surface area contributed by atoms with Crippen LogP contribution in [0.1, 0.15) is 13.8 Å². The van der Waals surface area contributed by atoms with E-state index < -0.39 is 0 Å². The lowest BCUT2D eigenvalue weighted by Crippen LogP contribution is -2.40. The average molecular weight is 415 g/mol. The summed E-state index contributed by atoms with van der Waals surface area (Å²) >= 11 is 1.79. The lowest BCUT2D eigenvalue weighted by Gasteiger charge is -2.21. The Balaban J connectivity index is 0.00000361. The van der Waals surface area contributed by atoms with Crippen LogP contribution in [-0.4, -0.2) is 62.1 Å². The summed E-state index contributed by atoms with van der Waals surface area (Å²) in [5.74, 6) is 2.06. The number of thioether (sulfide) groups is 1. The molecule has 1 aliphatic heterocycles. The molecule has 1 saturated heterocycles. The highest BCUT2D eigenvalue weighted by Crippen LogP contribution is 2.24. The van der Waals surface area contributed by atoms with Crippen molar-refractivity contribution in [3.8, 4) is 0 Å². The van der Waals surface area contributed by atoms with Crippen LogP contribution >= 0.6 is 35.7 Å². The highest BCUT2D eigenvalue weighted by atomic mass is 127. The Bertz CT molecular complexity index is 329. The van der Waals surface area contributed by atoms with E-state index in [9.17, 15) is 4.79 Å². The molecule has 0 aromatic rings. The van der Waals surface area contributed by atoms with Crippen LogP contribution in [0.5, 0.6) is 0 Å². The van der Waals surface area contributed by atoms with Gasteiger partial charge in [0.2, 0.25) is 0 Å². The Morgan fingerprint density at radius 1 is 1.50 bits per heavy atom. The van der Waals surface area contributed by atoms with Gasteiger partial charge in [-0.05, 0) is 19.1 Å². The van der Waals surface area contributed by atoms with E-state index in [-0.39, 0.29) is 35.9 Å². The summed E-state index contributed by atoms with van der Waals surface area (Å²) in [4.78, 5) is 18.5. The van der Waals surface area contributed by atoms with Crippen molar-refractivity contribution in [2.75, 3.05) is 45.3 Å². The number of nitrogens with one attached hydrogen (secondary N) is 1. The molecule has 7 heteroatoms. The number of hydrogen-bond acceptors (Lipinski definition) is 4. The summed E-state index contributed by atoms with van der Waals surface area (Å²) < 4.78 is 4.86. The van der Waals surface area contributed by atoms with E-state index >= 15 is 0 Å². The predicted molar refractivity (Wildman–Crippen MR) is 96.0 cm³/mol. The molecule has 0 aromatic carbocycles. The molecule has 0 radical (unpaired) electrons. The first-order valence-corrected chi connectivity index (χ1v) is 8.13. The molecule has 0 aromatic heterocycles. The normalized spacial score (nSPS) is 22.4. The molecule has 118 valence electrons. The van der Waals surface area contributed by atoms with Crippen LogP contribution in [0.25, 0.3) is 0 Å². The number of halogens is 1. The molecule has 0 spiro atoms. The van der Waals surface area contributed by atoms with Gasteiger partial charge in [-0.25, -0.2) is 0 Å². The van der Waals surface area contributed by atoms with Gasteiger partial charge in [-0.2, -0.15) is 11.8 Å². The fourth-order valence-electron chi connectivity index (χ4n) is 2.27. The van der Waals surface area contributed by atoms with Gasteiger partial charge in [0.1, 0.15) is 0 Å². The second kappa shape index (κ2) is 10.5. The Kier molecular flexibility index (Phi) is 10.4. The van der Waals surface area contributed by atoms with E-state index in [0.717, 1.165) is 31.3 Å². The van der Waals surface area contributed by atoms with Crippen molar-refractivity contribution < 1.29 is 9.53 Å². The third-order valence-electron chi connectivity index (χ3n) is 3.31. The molecule has 2 unspecified atom stereocenters. The van der Waals surface area contributed by atoms with E-state index in [0.29, 0.717) is 12.5 Å². The fraction of sp³-hybridized carbons (Fsp3) is 0.846. The van der Waals surface area contributed by atoms with E-state index in [1.165, 1.54) is 7.11 Å². The summed E-state index contributed by atoms with van der Waals surface area (Å²) in [7, 11) is 1.45. The molecule has 1 aliphatic rings. The first-order chi connectivity index (χ1) is 9.13. The van der Waals surface area contributed by atoms with Crippen molar-refractivity contribution in [3.63, 3.8) is 0 Å². The fourth-order valence-corrected chi connectivity index (χ4v) is 2.54. The maximum absolute atomic E-state index is 11.7. The number of nitrogens with zero attached hydrogens (tertiary/aromatic N) is 2. The van der Waals surface area contributed by atoms with Crippen molar-refractivity contribution in [1.82, 2.24) is 10.2 Å². The molecular weight excluding hydrogens is 389 g/mol. The minimum Gasteiger partial charge on any atom is -0.469 e. The number of methoxy groups -OCH3 is 1. The Labute approximate surface area is 143 Å². The molecule has 2 atom stereocenters. The molecule has 0 aliphatic carbocycles. The predicted octanol–water partition coefficient (Wildman–Crippen LogP) is 1.67. The third kappa shape index (κ3) is 5.67. The number of esters is 1. The number of guanidine groups is 1. The number of ether oxygens (including phenoxy) is 1. The highest BCUT2D eigenvalue weighted by molar-refractivity contribution is 14.0. The smallest absolute Gasteiger partial charge is 0.310 e. The second-order valence-corrected chi connectivity index (χ2v) is 5.73. The van der Waals surface area contributed by atoms with Gasteiger partial charge in [0.25, 0.3) is 0 Å². The molecular formula is C13H26IN3O2S. The first-order valence-electron chi connectivity index (χ1n) is 6.74. The average Bonchev–Trinajstić information content (AvgIpc) is 2.79. The van der Waals surface area contributed by atoms with Crippen LogP contribution in [0, 0.1) is 11.8 Å². The number of likely N-dealkylation sites (tertiary alicyclic amines) is 1. The molecule has 0 saturated carbocycles. The molecule has 1 fully saturated rings. The largest absolute Gasteiger partial charge is 0.469 e. The Morgan fingerprint density at radius 3 is 2.75 bits per heavy atom. The minimum atomic E-state index is -0.116. The third-order valence-corrected chi connectivity index (χ3v) is 3.90. The van der Waals surface area contributed by atoms with Crippen LogP contribution in [0.2, 0.25) is 0 Å². The van der Waals surface area contributed by atoms with Crippen LogP contribution in [0.4, 0.5) is 0 Å². The van der Waals surface area contributed by atoms with Gasteiger partial charge in [0.05, 0.1) is 19.6 Å². The summed E-state index contributed by atoms with van der Waals surface area (Å²) in [6.07, 6.45) is 2.08. The second-order valence-electron chi connectivity index (χ2n) is 4.74. The maximum atomic E-state index is 11.7. The highest BCUT2D eigenvalue weighted by Gasteiger charge is 2.36. The molecule has 1 heterocycles. The minimum absolute atomic E-state index is 0. The molecule has 1 rings (SSSR count).